The number of Topliss-reactive ketones (excluding diaryl/α,β-unsaturated/α-hetero) is 1. The summed E-state index contributed by atoms with van der Waals surface area (Å²) >= 11 is 5.72. The summed E-state index contributed by atoms with van der Waals surface area (Å²) in [6, 6.07) is 4.64. The molecule has 0 N–H and O–H groups in total. The predicted molar refractivity (Wildman–Crippen MR) is 56.3 cm³/mol. The Morgan fingerprint density at radius 2 is 2.07 bits per heavy atom. The fourth-order valence-corrected chi connectivity index (χ4v) is 1.28. The van der Waals surface area contributed by atoms with E-state index < -0.39 is 0 Å². The van der Waals surface area contributed by atoms with Crippen molar-refractivity contribution in [3.63, 3.8) is 0 Å². The van der Waals surface area contributed by atoms with E-state index in [2.05, 4.69) is 11.8 Å². The van der Waals surface area contributed by atoms with Gasteiger partial charge >= 0.3 is 0 Å². The quantitative estimate of drug-likeness (QED) is 0.567. The van der Waals surface area contributed by atoms with Crippen molar-refractivity contribution in [3.8, 4) is 0 Å². The van der Waals surface area contributed by atoms with E-state index in [1.807, 2.05) is 0 Å². The molecule has 0 spiro atoms. The largest absolute Gasteiger partial charge is 0.294 e. The Morgan fingerprint density at radius 1 is 1.43 bits per heavy atom. The van der Waals surface area contributed by atoms with E-state index in [0.717, 1.165) is 0 Å². The van der Waals surface area contributed by atoms with Gasteiger partial charge in [-0.25, -0.2) is 0 Å². The normalized spacial score (nSPS) is 9.57. The highest BCUT2D eigenvalue weighted by Gasteiger charge is 2.10. The SMILES string of the molecule is C=C(N=O)c1ccc(Cl)cc1C(C)=O. The molecule has 0 aliphatic heterocycles. The maximum Gasteiger partial charge on any atom is 0.160 e. The Balaban J connectivity index is 3.35. The van der Waals surface area contributed by atoms with E-state index in [-0.39, 0.29) is 11.5 Å². The van der Waals surface area contributed by atoms with Gasteiger partial charge in [-0.1, -0.05) is 24.2 Å². The zero-order valence-corrected chi connectivity index (χ0v) is 8.34. The first-order valence-corrected chi connectivity index (χ1v) is 4.27. The van der Waals surface area contributed by atoms with Crippen molar-refractivity contribution in [2.24, 2.45) is 5.18 Å². The van der Waals surface area contributed by atoms with Crippen LogP contribution in [0.5, 0.6) is 0 Å². The first-order valence-electron chi connectivity index (χ1n) is 3.89. The Bertz CT molecular complexity index is 413. The van der Waals surface area contributed by atoms with E-state index in [0.29, 0.717) is 16.1 Å². The summed E-state index contributed by atoms with van der Waals surface area (Å²) in [6.45, 7) is 4.84. The van der Waals surface area contributed by atoms with Crippen molar-refractivity contribution >= 4 is 23.1 Å². The number of ketones is 1. The molecular weight excluding hydrogens is 202 g/mol. The highest BCUT2D eigenvalue weighted by molar-refractivity contribution is 6.31. The van der Waals surface area contributed by atoms with Crippen molar-refractivity contribution in [2.45, 2.75) is 6.92 Å². The zero-order chi connectivity index (χ0) is 10.7. The van der Waals surface area contributed by atoms with E-state index in [1.54, 1.807) is 12.1 Å². The molecule has 0 unspecified atom stereocenters. The molecule has 0 heterocycles. The smallest absolute Gasteiger partial charge is 0.160 e. The lowest BCUT2D eigenvalue weighted by atomic mass is 10.0. The lowest BCUT2D eigenvalue weighted by Crippen LogP contribution is -1.97. The van der Waals surface area contributed by atoms with Gasteiger partial charge in [-0.15, -0.1) is 4.91 Å². The van der Waals surface area contributed by atoms with Crippen LogP contribution in [-0.2, 0) is 0 Å². The molecule has 72 valence electrons. The summed E-state index contributed by atoms with van der Waals surface area (Å²) in [5, 5.41) is 3.13. The predicted octanol–water partition coefficient (Wildman–Crippen LogP) is 3.28. The molecule has 3 nitrogen and oxygen atoms in total. The van der Waals surface area contributed by atoms with Gasteiger partial charge in [0.05, 0.1) is 0 Å². The number of nitroso groups, excluding NO2 is 1. The Morgan fingerprint density at radius 3 is 2.57 bits per heavy atom. The van der Waals surface area contributed by atoms with Crippen LogP contribution in [0, 0.1) is 4.91 Å². The third-order valence-corrected chi connectivity index (χ3v) is 2.02. The van der Waals surface area contributed by atoms with E-state index in [4.69, 9.17) is 11.6 Å². The van der Waals surface area contributed by atoms with E-state index >= 15 is 0 Å². The van der Waals surface area contributed by atoms with Crippen molar-refractivity contribution < 1.29 is 4.79 Å². The monoisotopic (exact) mass is 209 g/mol. The maximum absolute atomic E-state index is 11.2. The second-order valence-electron chi connectivity index (χ2n) is 2.78. The molecule has 0 amide bonds. The van der Waals surface area contributed by atoms with Gasteiger partial charge in [-0.2, -0.15) is 0 Å². The average Bonchev–Trinajstić information content (AvgIpc) is 2.16. The van der Waals surface area contributed by atoms with Gasteiger partial charge in [-0.3, -0.25) is 4.79 Å². The number of hydrogen-bond acceptors (Lipinski definition) is 3. The summed E-state index contributed by atoms with van der Waals surface area (Å²) < 4.78 is 0. The number of carbonyl (C=O) groups is 1. The maximum atomic E-state index is 11.2. The van der Waals surface area contributed by atoms with Crippen LogP contribution >= 0.6 is 11.6 Å². The van der Waals surface area contributed by atoms with Crippen molar-refractivity contribution in [2.75, 3.05) is 0 Å². The van der Waals surface area contributed by atoms with Gasteiger partial charge in [0, 0.05) is 16.1 Å². The first kappa shape index (κ1) is 10.6. The third kappa shape index (κ3) is 2.06. The van der Waals surface area contributed by atoms with Crippen LogP contribution in [-0.4, -0.2) is 5.78 Å². The van der Waals surface area contributed by atoms with Crippen LogP contribution in [0.4, 0.5) is 0 Å². The Hall–Kier alpha value is -1.48. The molecule has 14 heavy (non-hydrogen) atoms. The van der Waals surface area contributed by atoms with Crippen LogP contribution in [0.3, 0.4) is 0 Å². The van der Waals surface area contributed by atoms with Crippen LogP contribution in [0.2, 0.25) is 5.02 Å². The van der Waals surface area contributed by atoms with E-state index in [1.165, 1.54) is 13.0 Å². The lowest BCUT2D eigenvalue weighted by molar-refractivity contribution is 0.101. The number of hydrogen-bond donors (Lipinski definition) is 0. The first-order chi connectivity index (χ1) is 6.56. The van der Waals surface area contributed by atoms with Crippen LogP contribution in [0.15, 0.2) is 30.0 Å². The van der Waals surface area contributed by atoms with Crippen LogP contribution in [0.1, 0.15) is 22.8 Å². The Labute approximate surface area is 86.4 Å². The topological polar surface area (TPSA) is 46.5 Å². The minimum Gasteiger partial charge on any atom is -0.294 e. The number of benzene rings is 1. The summed E-state index contributed by atoms with van der Waals surface area (Å²) in [5.74, 6) is -0.174. The molecule has 1 rings (SSSR count). The van der Waals surface area contributed by atoms with Crippen molar-refractivity contribution in [1.29, 1.82) is 0 Å². The van der Waals surface area contributed by atoms with Crippen LogP contribution in [0.25, 0.3) is 5.70 Å². The van der Waals surface area contributed by atoms with Gasteiger partial charge in [0.2, 0.25) is 0 Å². The standard InChI is InChI=1S/C10H8ClNO2/c1-6(12-14)9-4-3-8(11)5-10(9)7(2)13/h3-5H,1H2,2H3. The molecule has 4 heteroatoms. The van der Waals surface area contributed by atoms with Gasteiger partial charge in [0.15, 0.2) is 5.78 Å². The average molecular weight is 210 g/mol. The molecule has 0 atom stereocenters. The van der Waals surface area contributed by atoms with Gasteiger partial charge in [0.1, 0.15) is 5.70 Å². The molecule has 0 aliphatic carbocycles. The summed E-state index contributed by atoms with van der Waals surface area (Å²) in [7, 11) is 0. The highest BCUT2D eigenvalue weighted by Crippen LogP contribution is 2.22. The Kier molecular flexibility index (Phi) is 3.14. The number of halogens is 1. The molecule has 0 bridgehead atoms. The minimum atomic E-state index is -0.174. The molecule has 0 aromatic heterocycles. The molecule has 1 aromatic carbocycles. The molecule has 0 radical (unpaired) electrons. The molecule has 0 fully saturated rings. The highest BCUT2D eigenvalue weighted by atomic mass is 35.5. The number of nitrogens with zero attached hydrogens (tertiary/aromatic N) is 1. The van der Waals surface area contributed by atoms with Gasteiger partial charge in [-0.05, 0) is 24.2 Å². The van der Waals surface area contributed by atoms with Crippen molar-refractivity contribution in [1.82, 2.24) is 0 Å². The zero-order valence-electron chi connectivity index (χ0n) is 7.58. The van der Waals surface area contributed by atoms with E-state index in [9.17, 15) is 9.70 Å². The second kappa shape index (κ2) is 4.15. The number of rotatable bonds is 3. The third-order valence-electron chi connectivity index (χ3n) is 1.78. The fraction of sp³-hybridized carbons (Fsp3) is 0.100. The molecular formula is C10H8ClNO2. The minimum absolute atomic E-state index is 0.0341. The van der Waals surface area contributed by atoms with Gasteiger partial charge < -0.3 is 0 Å². The molecule has 0 saturated carbocycles. The molecule has 0 aliphatic rings. The summed E-state index contributed by atoms with van der Waals surface area (Å²) in [4.78, 5) is 21.5. The molecule has 1 aromatic rings. The van der Waals surface area contributed by atoms with Crippen molar-refractivity contribution in [3.05, 3.63) is 45.8 Å². The lowest BCUT2D eigenvalue weighted by Gasteiger charge is -2.04. The summed E-state index contributed by atoms with van der Waals surface area (Å²) in [5.41, 5.74) is 0.825. The summed E-state index contributed by atoms with van der Waals surface area (Å²) in [6.07, 6.45) is 0. The van der Waals surface area contributed by atoms with Gasteiger partial charge in [0.25, 0.3) is 0 Å². The second-order valence-corrected chi connectivity index (χ2v) is 3.22. The number of carbonyl (C=O) groups excluding carboxylic acids is 1. The fourth-order valence-electron chi connectivity index (χ4n) is 1.11. The van der Waals surface area contributed by atoms with Crippen LogP contribution < -0.4 is 0 Å². The molecule has 0 saturated heterocycles.